The third kappa shape index (κ3) is 3.70. The minimum atomic E-state index is -0.528. The number of nitro groups is 1. The van der Waals surface area contributed by atoms with Crippen LogP contribution in [0.25, 0.3) is 0 Å². The SMILES string of the molecule is COc1cccc(COc2ccc(CO)cc2[N+](=O)[O-])c1. The van der Waals surface area contributed by atoms with E-state index in [9.17, 15) is 10.1 Å². The fourth-order valence-corrected chi connectivity index (χ4v) is 1.85. The largest absolute Gasteiger partial charge is 0.497 e. The first kappa shape index (κ1) is 14.8. The highest BCUT2D eigenvalue weighted by atomic mass is 16.6. The molecule has 0 aromatic heterocycles. The molecule has 0 amide bonds. The van der Waals surface area contributed by atoms with Crippen molar-refractivity contribution in [3.8, 4) is 11.5 Å². The van der Waals surface area contributed by atoms with E-state index in [1.54, 1.807) is 19.2 Å². The number of rotatable bonds is 6. The van der Waals surface area contributed by atoms with Crippen molar-refractivity contribution in [3.63, 3.8) is 0 Å². The van der Waals surface area contributed by atoms with Crippen molar-refractivity contribution < 1.29 is 19.5 Å². The molecule has 0 aliphatic heterocycles. The Labute approximate surface area is 121 Å². The molecule has 0 saturated heterocycles. The molecule has 110 valence electrons. The lowest BCUT2D eigenvalue weighted by Crippen LogP contribution is -2.00. The van der Waals surface area contributed by atoms with Crippen LogP contribution >= 0.6 is 0 Å². The molecule has 6 heteroatoms. The Morgan fingerprint density at radius 2 is 2.00 bits per heavy atom. The van der Waals surface area contributed by atoms with Gasteiger partial charge in [-0.25, -0.2) is 0 Å². The van der Waals surface area contributed by atoms with E-state index in [-0.39, 0.29) is 24.7 Å². The highest BCUT2D eigenvalue weighted by Gasteiger charge is 2.16. The molecule has 1 N–H and O–H groups in total. The molecule has 0 radical (unpaired) electrons. The van der Waals surface area contributed by atoms with Crippen LogP contribution in [0.5, 0.6) is 11.5 Å². The molecule has 0 saturated carbocycles. The smallest absolute Gasteiger partial charge is 0.311 e. The van der Waals surface area contributed by atoms with Crippen molar-refractivity contribution in [1.29, 1.82) is 0 Å². The summed E-state index contributed by atoms with van der Waals surface area (Å²) in [6.45, 7) is -0.0620. The minimum Gasteiger partial charge on any atom is -0.497 e. The van der Waals surface area contributed by atoms with Gasteiger partial charge in [-0.15, -0.1) is 0 Å². The molecule has 2 aromatic carbocycles. The summed E-state index contributed by atoms with van der Waals surface area (Å²) >= 11 is 0. The van der Waals surface area contributed by atoms with Crippen LogP contribution in [0.1, 0.15) is 11.1 Å². The van der Waals surface area contributed by atoms with Gasteiger partial charge in [-0.2, -0.15) is 0 Å². The summed E-state index contributed by atoms with van der Waals surface area (Å²) in [7, 11) is 1.57. The van der Waals surface area contributed by atoms with Crippen molar-refractivity contribution >= 4 is 5.69 Å². The number of ether oxygens (including phenoxy) is 2. The first-order valence-corrected chi connectivity index (χ1v) is 6.28. The van der Waals surface area contributed by atoms with Crippen LogP contribution < -0.4 is 9.47 Å². The normalized spacial score (nSPS) is 10.2. The van der Waals surface area contributed by atoms with E-state index in [1.165, 1.54) is 12.1 Å². The highest BCUT2D eigenvalue weighted by Crippen LogP contribution is 2.29. The van der Waals surface area contributed by atoms with E-state index in [4.69, 9.17) is 14.6 Å². The molecule has 0 aliphatic carbocycles. The molecule has 6 nitrogen and oxygen atoms in total. The summed E-state index contributed by atoms with van der Waals surface area (Å²) in [4.78, 5) is 10.5. The molecule has 0 aliphatic rings. The first-order valence-electron chi connectivity index (χ1n) is 6.28. The molecule has 0 heterocycles. The van der Waals surface area contributed by atoms with Crippen LogP contribution in [0.2, 0.25) is 0 Å². The second kappa shape index (κ2) is 6.71. The molecule has 2 aromatic rings. The zero-order chi connectivity index (χ0) is 15.2. The van der Waals surface area contributed by atoms with Crippen molar-refractivity contribution in [1.82, 2.24) is 0 Å². The number of nitro benzene ring substituents is 1. The van der Waals surface area contributed by atoms with Gasteiger partial charge >= 0.3 is 5.69 Å². The number of methoxy groups -OCH3 is 1. The summed E-state index contributed by atoms with van der Waals surface area (Å²) < 4.78 is 10.6. The standard InChI is InChI=1S/C15H15NO5/c1-20-13-4-2-3-12(7-13)10-21-15-6-5-11(9-17)8-14(15)16(18)19/h2-8,17H,9-10H2,1H3. The molecule has 0 spiro atoms. The van der Waals surface area contributed by atoms with E-state index < -0.39 is 4.92 Å². The van der Waals surface area contributed by atoms with E-state index in [0.717, 1.165) is 5.56 Å². The maximum Gasteiger partial charge on any atom is 0.311 e. The molecule has 0 fully saturated rings. The van der Waals surface area contributed by atoms with Crippen molar-refractivity contribution in [2.75, 3.05) is 7.11 Å². The Balaban J connectivity index is 2.17. The Morgan fingerprint density at radius 1 is 1.19 bits per heavy atom. The summed E-state index contributed by atoms with van der Waals surface area (Å²) in [6, 6.07) is 11.7. The van der Waals surface area contributed by atoms with Crippen LogP contribution in [0.15, 0.2) is 42.5 Å². The Hall–Kier alpha value is -2.60. The zero-order valence-corrected chi connectivity index (χ0v) is 11.5. The minimum absolute atomic E-state index is 0.163. The van der Waals surface area contributed by atoms with Crippen molar-refractivity contribution in [3.05, 3.63) is 63.7 Å². The first-order chi connectivity index (χ1) is 10.1. The molecular formula is C15H15NO5. The van der Waals surface area contributed by atoms with E-state index in [2.05, 4.69) is 0 Å². The number of nitrogens with zero attached hydrogens (tertiary/aromatic N) is 1. The third-order valence-corrected chi connectivity index (χ3v) is 2.93. The van der Waals surface area contributed by atoms with Gasteiger partial charge in [0, 0.05) is 6.07 Å². The number of aliphatic hydroxyl groups is 1. The number of hydrogen-bond acceptors (Lipinski definition) is 5. The van der Waals surface area contributed by atoms with Gasteiger partial charge in [0.2, 0.25) is 0 Å². The second-order valence-corrected chi connectivity index (χ2v) is 4.36. The van der Waals surface area contributed by atoms with Gasteiger partial charge in [-0.05, 0) is 29.3 Å². The topological polar surface area (TPSA) is 81.8 Å². The summed E-state index contributed by atoms with van der Waals surface area (Å²) in [5, 5.41) is 20.0. The van der Waals surface area contributed by atoms with Gasteiger partial charge < -0.3 is 14.6 Å². The van der Waals surface area contributed by atoms with Gasteiger partial charge in [-0.3, -0.25) is 10.1 Å². The van der Waals surface area contributed by atoms with Crippen LogP contribution in [0.3, 0.4) is 0 Å². The number of hydrogen-bond donors (Lipinski definition) is 1. The maximum absolute atomic E-state index is 11.0. The molecular weight excluding hydrogens is 274 g/mol. The van der Waals surface area contributed by atoms with E-state index >= 15 is 0 Å². The molecule has 21 heavy (non-hydrogen) atoms. The van der Waals surface area contributed by atoms with Gasteiger partial charge in [0.25, 0.3) is 0 Å². The highest BCUT2D eigenvalue weighted by molar-refractivity contribution is 5.48. The summed E-state index contributed by atoms with van der Waals surface area (Å²) in [5.41, 5.74) is 1.15. The lowest BCUT2D eigenvalue weighted by atomic mass is 10.2. The number of aliphatic hydroxyl groups excluding tert-OH is 1. The van der Waals surface area contributed by atoms with Crippen LogP contribution in [0, 0.1) is 10.1 Å². The van der Waals surface area contributed by atoms with Gasteiger partial charge in [0.1, 0.15) is 12.4 Å². The van der Waals surface area contributed by atoms with Crippen LogP contribution in [-0.4, -0.2) is 17.1 Å². The van der Waals surface area contributed by atoms with Crippen LogP contribution in [0.4, 0.5) is 5.69 Å². The average Bonchev–Trinajstić information content (AvgIpc) is 2.52. The Bertz CT molecular complexity index is 642. The lowest BCUT2D eigenvalue weighted by Gasteiger charge is -2.09. The summed E-state index contributed by atoms with van der Waals surface area (Å²) in [5.74, 6) is 0.862. The Kier molecular flexibility index (Phi) is 4.73. The van der Waals surface area contributed by atoms with E-state index in [1.807, 2.05) is 18.2 Å². The van der Waals surface area contributed by atoms with Crippen LogP contribution in [-0.2, 0) is 13.2 Å². The van der Waals surface area contributed by atoms with Crippen molar-refractivity contribution in [2.45, 2.75) is 13.2 Å². The zero-order valence-electron chi connectivity index (χ0n) is 11.5. The van der Waals surface area contributed by atoms with Gasteiger partial charge in [0.15, 0.2) is 5.75 Å². The van der Waals surface area contributed by atoms with Gasteiger partial charge in [0.05, 0.1) is 18.6 Å². The van der Waals surface area contributed by atoms with Gasteiger partial charge in [-0.1, -0.05) is 18.2 Å². The number of benzene rings is 2. The Morgan fingerprint density at radius 3 is 2.67 bits per heavy atom. The maximum atomic E-state index is 11.0. The molecule has 0 bridgehead atoms. The van der Waals surface area contributed by atoms with E-state index in [0.29, 0.717) is 11.3 Å². The second-order valence-electron chi connectivity index (χ2n) is 4.36. The predicted molar refractivity (Wildman–Crippen MR) is 76.3 cm³/mol. The van der Waals surface area contributed by atoms with Crippen molar-refractivity contribution in [2.24, 2.45) is 0 Å². The molecule has 0 unspecified atom stereocenters. The average molecular weight is 289 g/mol. The molecule has 2 rings (SSSR count). The third-order valence-electron chi connectivity index (χ3n) is 2.93. The lowest BCUT2D eigenvalue weighted by molar-refractivity contribution is -0.386. The summed E-state index contributed by atoms with van der Waals surface area (Å²) in [6.07, 6.45) is 0. The molecule has 0 atom stereocenters. The fraction of sp³-hybridized carbons (Fsp3) is 0.200. The monoisotopic (exact) mass is 289 g/mol. The quantitative estimate of drug-likeness (QED) is 0.653. The predicted octanol–water partition coefficient (Wildman–Crippen LogP) is 2.67. The fourth-order valence-electron chi connectivity index (χ4n) is 1.85.